The Morgan fingerprint density at radius 1 is 0.923 bits per heavy atom. The van der Waals surface area contributed by atoms with Gasteiger partial charge in [-0.3, -0.25) is 0 Å². The maximum atomic E-state index is 11.9. The summed E-state index contributed by atoms with van der Waals surface area (Å²) in [6.45, 7) is 5.04. The third-order valence-corrected chi connectivity index (χ3v) is 8.09. The zero-order valence-corrected chi connectivity index (χ0v) is 19.9. The first-order valence-corrected chi connectivity index (χ1v) is 12.5. The average Bonchev–Trinajstić information content (AvgIpc) is 3.42. The van der Waals surface area contributed by atoms with Crippen molar-refractivity contribution in [2.24, 2.45) is 0 Å². The van der Waals surface area contributed by atoms with Crippen molar-refractivity contribution < 1.29 is 14.3 Å². The van der Waals surface area contributed by atoms with Gasteiger partial charge in [-0.05, 0) is 26.2 Å². The summed E-state index contributed by atoms with van der Waals surface area (Å²) >= 11 is 7.59. The predicted molar refractivity (Wildman–Crippen MR) is 116 cm³/mol. The number of rotatable bonds is 17. The number of alkyl halides is 2. The number of hydrogen-bond donors (Lipinski definition) is 0. The molecule has 0 radical (unpaired) electrons. The van der Waals surface area contributed by atoms with Crippen LogP contribution in [-0.4, -0.2) is 34.4 Å². The summed E-state index contributed by atoms with van der Waals surface area (Å²) < 4.78 is 10.5. The van der Waals surface area contributed by atoms with Crippen LogP contribution in [0, 0.1) is 0 Å². The highest BCUT2D eigenvalue weighted by atomic mass is 79.9. The van der Waals surface area contributed by atoms with Crippen LogP contribution in [0.15, 0.2) is 0 Å². The van der Waals surface area contributed by atoms with Gasteiger partial charge in [0.25, 0.3) is 0 Å². The highest BCUT2D eigenvalue weighted by molar-refractivity contribution is 9.12. The predicted octanol–water partition coefficient (Wildman–Crippen LogP) is 6.94. The van der Waals surface area contributed by atoms with Gasteiger partial charge in [-0.15, -0.1) is 0 Å². The van der Waals surface area contributed by atoms with Crippen LogP contribution in [0.5, 0.6) is 0 Å². The summed E-state index contributed by atoms with van der Waals surface area (Å²) in [5.41, 5.74) is -0.647. The van der Waals surface area contributed by atoms with E-state index in [0.29, 0.717) is 22.9 Å². The summed E-state index contributed by atoms with van der Waals surface area (Å²) in [6, 6.07) is 0. The molecular formula is C21H38Br2O3. The largest absolute Gasteiger partial charge is 0.464 e. The fourth-order valence-corrected chi connectivity index (χ4v) is 4.35. The normalized spacial score (nSPS) is 21.4. The van der Waals surface area contributed by atoms with E-state index in [4.69, 9.17) is 9.47 Å². The lowest BCUT2D eigenvalue weighted by atomic mass is 10.00. The standard InChI is InChI=1S/C21H38Br2O3/c1-3-5-6-7-8-9-10-11-12-13-14-18(22)19(23)15-16-21(17-26-21)20(24)25-4-2/h18-19H,3-17H2,1-2H3. The first-order chi connectivity index (χ1) is 12.6. The van der Waals surface area contributed by atoms with Crippen molar-refractivity contribution in [3.8, 4) is 0 Å². The van der Waals surface area contributed by atoms with Gasteiger partial charge in [0.05, 0.1) is 13.2 Å². The smallest absolute Gasteiger partial charge is 0.340 e. The van der Waals surface area contributed by atoms with E-state index in [-0.39, 0.29) is 5.97 Å². The van der Waals surface area contributed by atoms with E-state index in [1.807, 2.05) is 6.92 Å². The molecule has 0 N–H and O–H groups in total. The SMILES string of the molecule is CCCCCCCCCCCCC(Br)C(Br)CCC1(C(=O)OCC)CO1. The van der Waals surface area contributed by atoms with Crippen LogP contribution in [0.2, 0.25) is 0 Å². The molecule has 3 unspecified atom stereocenters. The minimum atomic E-state index is -0.647. The van der Waals surface area contributed by atoms with Gasteiger partial charge in [0.15, 0.2) is 5.60 Å². The van der Waals surface area contributed by atoms with Crippen LogP contribution in [0.25, 0.3) is 0 Å². The third kappa shape index (κ3) is 10.1. The molecule has 0 saturated carbocycles. The molecule has 0 aromatic carbocycles. The summed E-state index contributed by atoms with van der Waals surface area (Å²) in [5, 5.41) is 0. The monoisotopic (exact) mass is 496 g/mol. The van der Waals surface area contributed by atoms with E-state index in [2.05, 4.69) is 38.8 Å². The Bertz CT molecular complexity index is 372. The molecule has 3 atom stereocenters. The van der Waals surface area contributed by atoms with E-state index in [1.165, 1.54) is 70.6 Å². The molecule has 0 spiro atoms. The Kier molecular flexibility index (Phi) is 13.5. The average molecular weight is 498 g/mol. The van der Waals surface area contributed by atoms with Crippen LogP contribution >= 0.6 is 31.9 Å². The van der Waals surface area contributed by atoms with Crippen molar-refractivity contribution in [1.29, 1.82) is 0 Å². The highest BCUT2D eigenvalue weighted by Crippen LogP contribution is 2.36. The summed E-state index contributed by atoms with van der Waals surface area (Å²) in [6.07, 6.45) is 16.6. The molecule has 1 rings (SSSR count). The van der Waals surface area contributed by atoms with Crippen LogP contribution in [0.4, 0.5) is 0 Å². The van der Waals surface area contributed by atoms with Gasteiger partial charge in [-0.2, -0.15) is 0 Å². The number of unbranched alkanes of at least 4 members (excludes halogenated alkanes) is 9. The molecule has 0 aliphatic carbocycles. The van der Waals surface area contributed by atoms with Gasteiger partial charge < -0.3 is 9.47 Å². The van der Waals surface area contributed by atoms with Crippen LogP contribution in [-0.2, 0) is 14.3 Å². The molecule has 0 aromatic heterocycles. The van der Waals surface area contributed by atoms with E-state index in [1.54, 1.807) is 0 Å². The Balaban J connectivity index is 2.00. The van der Waals surface area contributed by atoms with E-state index >= 15 is 0 Å². The lowest BCUT2D eigenvalue weighted by molar-refractivity contribution is -0.149. The molecule has 26 heavy (non-hydrogen) atoms. The maximum Gasteiger partial charge on any atom is 0.340 e. The van der Waals surface area contributed by atoms with Crippen molar-refractivity contribution in [2.75, 3.05) is 13.2 Å². The number of ether oxygens (including phenoxy) is 2. The molecule has 0 amide bonds. The summed E-state index contributed by atoms with van der Waals surface area (Å²) in [4.78, 5) is 12.7. The van der Waals surface area contributed by atoms with Crippen molar-refractivity contribution in [2.45, 2.75) is 113 Å². The number of halogens is 2. The Labute approximate surface area is 177 Å². The number of hydrogen-bond acceptors (Lipinski definition) is 3. The molecule has 0 bridgehead atoms. The molecule has 1 fully saturated rings. The van der Waals surface area contributed by atoms with E-state index in [9.17, 15) is 4.79 Å². The molecule has 5 heteroatoms. The number of epoxide rings is 1. The summed E-state index contributed by atoms with van der Waals surface area (Å²) in [5.74, 6) is -0.194. The third-order valence-electron chi connectivity index (χ3n) is 5.19. The maximum absolute atomic E-state index is 11.9. The zero-order chi connectivity index (χ0) is 19.3. The first-order valence-electron chi connectivity index (χ1n) is 10.6. The summed E-state index contributed by atoms with van der Waals surface area (Å²) in [7, 11) is 0. The second-order valence-corrected chi connectivity index (χ2v) is 9.90. The molecule has 0 aromatic rings. The quantitative estimate of drug-likeness (QED) is 0.0945. The first kappa shape index (κ1) is 24.4. The van der Waals surface area contributed by atoms with Crippen molar-refractivity contribution in [3.63, 3.8) is 0 Å². The molecule has 1 heterocycles. The minimum Gasteiger partial charge on any atom is -0.464 e. The van der Waals surface area contributed by atoms with E-state index < -0.39 is 5.60 Å². The molecule has 154 valence electrons. The highest BCUT2D eigenvalue weighted by Gasteiger charge is 2.53. The van der Waals surface area contributed by atoms with E-state index in [0.717, 1.165) is 12.8 Å². The molecular weight excluding hydrogens is 460 g/mol. The van der Waals surface area contributed by atoms with Crippen LogP contribution in [0.1, 0.15) is 97.3 Å². The molecule has 1 aliphatic heterocycles. The topological polar surface area (TPSA) is 38.8 Å². The Hall–Kier alpha value is 0.390. The van der Waals surface area contributed by atoms with Gasteiger partial charge in [0.2, 0.25) is 0 Å². The fraction of sp³-hybridized carbons (Fsp3) is 0.952. The second-order valence-electron chi connectivity index (χ2n) is 7.54. The molecule has 1 aliphatic rings. The van der Waals surface area contributed by atoms with Crippen LogP contribution in [0.3, 0.4) is 0 Å². The number of carbonyl (C=O) groups is 1. The minimum absolute atomic E-state index is 0.194. The lowest BCUT2D eigenvalue weighted by Gasteiger charge is -2.18. The van der Waals surface area contributed by atoms with Gasteiger partial charge in [0, 0.05) is 9.65 Å². The van der Waals surface area contributed by atoms with Crippen molar-refractivity contribution in [1.82, 2.24) is 0 Å². The molecule has 1 saturated heterocycles. The Morgan fingerprint density at radius 2 is 1.42 bits per heavy atom. The lowest BCUT2D eigenvalue weighted by Crippen LogP contribution is -2.29. The zero-order valence-electron chi connectivity index (χ0n) is 16.7. The fourth-order valence-electron chi connectivity index (χ4n) is 3.27. The van der Waals surface area contributed by atoms with Gasteiger partial charge in [0.1, 0.15) is 0 Å². The second kappa shape index (κ2) is 14.4. The van der Waals surface area contributed by atoms with Crippen molar-refractivity contribution in [3.05, 3.63) is 0 Å². The van der Waals surface area contributed by atoms with Gasteiger partial charge in [-0.1, -0.05) is 103 Å². The van der Waals surface area contributed by atoms with Gasteiger partial charge in [-0.25, -0.2) is 4.79 Å². The van der Waals surface area contributed by atoms with Gasteiger partial charge >= 0.3 is 5.97 Å². The van der Waals surface area contributed by atoms with Crippen molar-refractivity contribution >= 4 is 37.8 Å². The molecule has 3 nitrogen and oxygen atoms in total. The number of carbonyl (C=O) groups excluding carboxylic acids is 1. The Morgan fingerprint density at radius 3 is 1.92 bits per heavy atom. The number of esters is 1. The van der Waals surface area contributed by atoms with Crippen LogP contribution < -0.4 is 0 Å².